The van der Waals surface area contributed by atoms with Gasteiger partial charge in [-0.15, -0.1) is 0 Å². The quantitative estimate of drug-likeness (QED) is 0.620. The van der Waals surface area contributed by atoms with Crippen LogP contribution in [0.25, 0.3) is 0 Å². The Balaban J connectivity index is 2.64. The smallest absolute Gasteiger partial charge is 0.333 e. The highest BCUT2D eigenvalue weighted by molar-refractivity contribution is 4.85. The van der Waals surface area contributed by atoms with Gasteiger partial charge in [-0.05, 0) is 12.3 Å². The summed E-state index contributed by atoms with van der Waals surface area (Å²) in [6, 6.07) is 0. The molecule has 0 radical (unpaired) electrons. The summed E-state index contributed by atoms with van der Waals surface area (Å²) in [5.41, 5.74) is -0.353. The van der Waals surface area contributed by atoms with E-state index in [4.69, 9.17) is 5.84 Å². The molecule has 3 N–H and O–H groups in total. The van der Waals surface area contributed by atoms with Gasteiger partial charge in [0.1, 0.15) is 0 Å². The molecular formula is C7H14N4O. The summed E-state index contributed by atoms with van der Waals surface area (Å²) in [5.74, 6) is 6.61. The molecule has 0 fully saturated rings. The van der Waals surface area contributed by atoms with Gasteiger partial charge in [0, 0.05) is 6.42 Å². The maximum atomic E-state index is 10.8. The summed E-state index contributed by atoms with van der Waals surface area (Å²) >= 11 is 0. The Morgan fingerprint density at radius 2 is 2.33 bits per heavy atom. The molecule has 1 heterocycles. The number of aryl methyl sites for hydroxylation is 1. The number of nitrogens with two attached hydrogens (primary N) is 1. The van der Waals surface area contributed by atoms with E-state index < -0.39 is 0 Å². The van der Waals surface area contributed by atoms with Crippen molar-refractivity contribution in [1.29, 1.82) is 0 Å². The minimum absolute atomic E-state index is 0.353. The van der Waals surface area contributed by atoms with E-state index in [1.54, 1.807) is 0 Å². The Morgan fingerprint density at radius 1 is 1.67 bits per heavy atom. The summed E-state index contributed by atoms with van der Waals surface area (Å²) in [7, 11) is 0. The SMILES string of the molecule is CC(C)CCc1n[nH]c(=O)n1N. The number of nitrogens with zero attached hydrogens (tertiary/aromatic N) is 2. The van der Waals surface area contributed by atoms with Gasteiger partial charge in [0.15, 0.2) is 5.82 Å². The molecule has 0 aliphatic carbocycles. The summed E-state index contributed by atoms with van der Waals surface area (Å²) in [6.45, 7) is 4.23. The van der Waals surface area contributed by atoms with Crippen molar-refractivity contribution < 1.29 is 0 Å². The summed E-state index contributed by atoms with van der Waals surface area (Å²) in [5, 5.41) is 6.08. The fourth-order valence-electron chi connectivity index (χ4n) is 0.931. The predicted molar refractivity (Wildman–Crippen MR) is 46.2 cm³/mol. The summed E-state index contributed by atoms with van der Waals surface area (Å²) in [4.78, 5) is 10.8. The molecule has 0 aliphatic rings. The van der Waals surface area contributed by atoms with Crippen LogP contribution >= 0.6 is 0 Å². The van der Waals surface area contributed by atoms with Crippen LogP contribution in [0.15, 0.2) is 4.79 Å². The first-order chi connectivity index (χ1) is 5.61. The highest BCUT2D eigenvalue weighted by Crippen LogP contribution is 2.03. The molecule has 0 saturated heterocycles. The van der Waals surface area contributed by atoms with Crippen molar-refractivity contribution in [2.45, 2.75) is 26.7 Å². The van der Waals surface area contributed by atoms with Gasteiger partial charge < -0.3 is 5.84 Å². The third-order valence-corrected chi connectivity index (χ3v) is 1.72. The standard InChI is InChI=1S/C7H14N4O/c1-5(2)3-4-6-9-10-7(12)11(6)8/h5H,3-4,8H2,1-2H3,(H,10,12). The Bertz CT molecular complexity index is 299. The monoisotopic (exact) mass is 170 g/mol. The van der Waals surface area contributed by atoms with Gasteiger partial charge in [0.05, 0.1) is 0 Å². The van der Waals surface area contributed by atoms with Crippen molar-refractivity contribution in [2.24, 2.45) is 5.92 Å². The number of rotatable bonds is 3. The Labute approximate surface area is 70.6 Å². The lowest BCUT2D eigenvalue weighted by Gasteiger charge is -2.02. The van der Waals surface area contributed by atoms with Crippen LogP contribution < -0.4 is 11.5 Å². The van der Waals surface area contributed by atoms with Crippen LogP contribution in [0.1, 0.15) is 26.1 Å². The second-order valence-electron chi connectivity index (χ2n) is 3.25. The van der Waals surface area contributed by atoms with E-state index in [0.29, 0.717) is 11.7 Å². The maximum Gasteiger partial charge on any atom is 0.361 e. The lowest BCUT2D eigenvalue weighted by Crippen LogP contribution is -2.26. The molecule has 0 spiro atoms. The molecule has 1 aromatic rings. The highest BCUT2D eigenvalue weighted by Gasteiger charge is 2.04. The fraction of sp³-hybridized carbons (Fsp3) is 0.714. The highest BCUT2D eigenvalue weighted by atomic mass is 16.2. The predicted octanol–water partition coefficient (Wildman–Crippen LogP) is -0.126. The van der Waals surface area contributed by atoms with Crippen molar-refractivity contribution in [3.63, 3.8) is 0 Å². The van der Waals surface area contributed by atoms with Gasteiger partial charge in [-0.25, -0.2) is 9.89 Å². The van der Waals surface area contributed by atoms with Gasteiger partial charge in [-0.3, -0.25) is 0 Å². The largest absolute Gasteiger partial charge is 0.361 e. The van der Waals surface area contributed by atoms with E-state index in [0.717, 1.165) is 17.5 Å². The second kappa shape index (κ2) is 3.42. The van der Waals surface area contributed by atoms with Gasteiger partial charge in [-0.1, -0.05) is 13.8 Å². The van der Waals surface area contributed by atoms with Gasteiger partial charge >= 0.3 is 5.69 Å². The average Bonchev–Trinajstić information content (AvgIpc) is 2.30. The molecule has 0 bridgehead atoms. The first-order valence-corrected chi connectivity index (χ1v) is 4.02. The van der Waals surface area contributed by atoms with Crippen LogP contribution in [-0.2, 0) is 6.42 Å². The first kappa shape index (κ1) is 8.83. The number of aromatic amines is 1. The molecule has 0 aromatic carbocycles. The molecule has 0 atom stereocenters. The van der Waals surface area contributed by atoms with Crippen molar-refractivity contribution in [3.8, 4) is 0 Å². The van der Waals surface area contributed by atoms with E-state index in [2.05, 4.69) is 24.0 Å². The molecule has 0 aliphatic heterocycles. The number of nitrogens with one attached hydrogen (secondary N) is 1. The third kappa shape index (κ3) is 1.87. The summed E-state index contributed by atoms with van der Waals surface area (Å²) in [6.07, 6.45) is 1.73. The van der Waals surface area contributed by atoms with Crippen LogP contribution in [0.3, 0.4) is 0 Å². The minimum atomic E-state index is -0.353. The number of H-pyrrole nitrogens is 1. The van der Waals surface area contributed by atoms with E-state index >= 15 is 0 Å². The van der Waals surface area contributed by atoms with E-state index in [1.807, 2.05) is 0 Å². The van der Waals surface area contributed by atoms with Crippen molar-refractivity contribution in [1.82, 2.24) is 14.9 Å². The van der Waals surface area contributed by atoms with Crippen molar-refractivity contribution >= 4 is 0 Å². The van der Waals surface area contributed by atoms with Crippen LogP contribution in [-0.4, -0.2) is 14.9 Å². The van der Waals surface area contributed by atoms with Crippen molar-refractivity contribution in [2.75, 3.05) is 5.84 Å². The Hall–Kier alpha value is -1.26. The van der Waals surface area contributed by atoms with Crippen LogP contribution in [0.4, 0.5) is 0 Å². The molecule has 0 saturated carbocycles. The third-order valence-electron chi connectivity index (χ3n) is 1.72. The van der Waals surface area contributed by atoms with Gasteiger partial charge in [0.2, 0.25) is 0 Å². The summed E-state index contributed by atoms with van der Waals surface area (Å²) < 4.78 is 1.06. The fourth-order valence-corrected chi connectivity index (χ4v) is 0.931. The van der Waals surface area contributed by atoms with Crippen LogP contribution in [0.5, 0.6) is 0 Å². The zero-order valence-electron chi connectivity index (χ0n) is 7.37. The van der Waals surface area contributed by atoms with E-state index in [9.17, 15) is 4.79 Å². The topological polar surface area (TPSA) is 76.7 Å². The van der Waals surface area contributed by atoms with Gasteiger partial charge in [-0.2, -0.15) is 9.77 Å². The van der Waals surface area contributed by atoms with E-state index in [-0.39, 0.29) is 5.69 Å². The Kier molecular flexibility index (Phi) is 2.52. The van der Waals surface area contributed by atoms with Crippen molar-refractivity contribution in [3.05, 3.63) is 16.3 Å². The second-order valence-corrected chi connectivity index (χ2v) is 3.25. The number of hydrogen-bond acceptors (Lipinski definition) is 3. The normalized spacial score (nSPS) is 10.9. The van der Waals surface area contributed by atoms with E-state index in [1.165, 1.54) is 0 Å². The molecule has 0 unspecified atom stereocenters. The van der Waals surface area contributed by atoms with Crippen LogP contribution in [0, 0.1) is 5.92 Å². The maximum absolute atomic E-state index is 10.8. The molecule has 12 heavy (non-hydrogen) atoms. The lowest BCUT2D eigenvalue weighted by atomic mass is 10.1. The number of nitrogen functional groups attached to an aromatic ring is 1. The minimum Gasteiger partial charge on any atom is -0.333 e. The van der Waals surface area contributed by atoms with Gasteiger partial charge in [0.25, 0.3) is 0 Å². The Morgan fingerprint density at radius 3 is 2.75 bits per heavy atom. The molecule has 1 aromatic heterocycles. The molecule has 1 rings (SSSR count). The zero-order chi connectivity index (χ0) is 9.14. The average molecular weight is 170 g/mol. The molecule has 68 valence electrons. The lowest BCUT2D eigenvalue weighted by molar-refractivity contribution is 0.568. The van der Waals surface area contributed by atoms with Crippen LogP contribution in [0.2, 0.25) is 0 Å². The molecule has 0 amide bonds. The number of aromatic nitrogens is 3. The zero-order valence-corrected chi connectivity index (χ0v) is 7.37. The molecule has 5 heteroatoms. The molecular weight excluding hydrogens is 156 g/mol. The molecule has 5 nitrogen and oxygen atoms in total. The number of hydrogen-bond donors (Lipinski definition) is 2. The first-order valence-electron chi connectivity index (χ1n) is 4.02.